The molecule has 3 rings (SSSR count). The highest BCUT2D eigenvalue weighted by Gasteiger charge is 2.21. The van der Waals surface area contributed by atoms with Crippen LogP contribution in [0.15, 0.2) is 53.3 Å². The van der Waals surface area contributed by atoms with Crippen LogP contribution in [0.5, 0.6) is 0 Å². The summed E-state index contributed by atoms with van der Waals surface area (Å²) < 4.78 is 1.57. The van der Waals surface area contributed by atoms with Crippen LogP contribution < -0.4 is 11.3 Å². The molecular formula is C18H18ClN3O. The van der Waals surface area contributed by atoms with Crippen molar-refractivity contribution in [1.82, 2.24) is 9.55 Å². The number of fused-ring (bicyclic) bond motifs is 1. The third kappa shape index (κ3) is 2.76. The third-order valence-corrected chi connectivity index (χ3v) is 4.22. The largest absolute Gasteiger partial charge is 0.321 e. The van der Waals surface area contributed by atoms with Gasteiger partial charge in [0.2, 0.25) is 0 Å². The third-order valence-electron chi connectivity index (χ3n) is 3.90. The maximum absolute atomic E-state index is 13.1. The molecule has 2 N–H and O–H groups in total. The first kappa shape index (κ1) is 15.7. The number of hydrogen-bond donors (Lipinski definition) is 1. The Morgan fingerprint density at radius 3 is 2.43 bits per heavy atom. The summed E-state index contributed by atoms with van der Waals surface area (Å²) in [6, 6.07) is 14.3. The summed E-state index contributed by atoms with van der Waals surface area (Å²) in [5, 5.41) is 0.812. The van der Waals surface area contributed by atoms with Crippen molar-refractivity contribution < 1.29 is 0 Å². The van der Waals surface area contributed by atoms with Crippen LogP contribution in [0.2, 0.25) is 5.02 Å². The quantitative estimate of drug-likeness (QED) is 0.798. The molecule has 0 unspecified atom stereocenters. The van der Waals surface area contributed by atoms with Crippen molar-refractivity contribution in [3.05, 3.63) is 69.7 Å². The normalized spacial score (nSPS) is 12.7. The predicted octanol–water partition coefficient (Wildman–Crippen LogP) is 3.69. The molecule has 0 amide bonds. The van der Waals surface area contributed by atoms with Gasteiger partial charge in [0.05, 0.1) is 27.7 Å². The van der Waals surface area contributed by atoms with Gasteiger partial charge >= 0.3 is 0 Å². The van der Waals surface area contributed by atoms with Crippen LogP contribution in [0.1, 0.15) is 25.7 Å². The van der Waals surface area contributed by atoms with Crippen LogP contribution in [0.4, 0.5) is 0 Å². The monoisotopic (exact) mass is 327 g/mol. The van der Waals surface area contributed by atoms with E-state index in [1.807, 2.05) is 44.2 Å². The molecule has 0 fully saturated rings. The molecule has 0 saturated carbocycles. The molecular weight excluding hydrogens is 310 g/mol. The Morgan fingerprint density at radius 1 is 1.09 bits per heavy atom. The van der Waals surface area contributed by atoms with Gasteiger partial charge in [0.1, 0.15) is 5.82 Å². The van der Waals surface area contributed by atoms with E-state index in [1.54, 1.807) is 22.8 Å². The Hall–Kier alpha value is -2.17. The Bertz CT molecular complexity index is 903. The highest BCUT2D eigenvalue weighted by molar-refractivity contribution is 6.35. The Morgan fingerprint density at radius 2 is 1.78 bits per heavy atom. The van der Waals surface area contributed by atoms with Crippen LogP contribution in [0.3, 0.4) is 0 Å². The van der Waals surface area contributed by atoms with Crippen LogP contribution in [0, 0.1) is 5.92 Å². The molecule has 0 aliphatic rings. The van der Waals surface area contributed by atoms with Gasteiger partial charge in [0.15, 0.2) is 0 Å². The first-order valence-electron chi connectivity index (χ1n) is 7.53. The number of aromatic nitrogens is 2. The van der Waals surface area contributed by atoms with E-state index in [0.29, 0.717) is 21.7 Å². The van der Waals surface area contributed by atoms with E-state index in [9.17, 15) is 4.79 Å². The fraction of sp³-hybridized carbons (Fsp3) is 0.222. The molecule has 0 saturated heterocycles. The zero-order valence-electron chi connectivity index (χ0n) is 13.0. The molecule has 0 aliphatic heterocycles. The summed E-state index contributed by atoms with van der Waals surface area (Å²) >= 11 is 6.23. The first-order valence-corrected chi connectivity index (χ1v) is 7.90. The van der Waals surface area contributed by atoms with Crippen LogP contribution in [0.25, 0.3) is 16.6 Å². The minimum absolute atomic E-state index is 0.147. The van der Waals surface area contributed by atoms with Gasteiger partial charge in [0, 0.05) is 0 Å². The Balaban J connectivity index is 2.43. The summed E-state index contributed by atoms with van der Waals surface area (Å²) in [5.41, 5.74) is 7.43. The Labute approximate surface area is 139 Å². The lowest BCUT2D eigenvalue weighted by Gasteiger charge is -2.21. The van der Waals surface area contributed by atoms with Gasteiger partial charge in [-0.1, -0.05) is 49.7 Å². The molecule has 0 aliphatic carbocycles. The standard InChI is InChI=1S/C18H18ClN3O/c1-11(2)16(20)17-21-14-10-6-9-13(19)15(14)18(23)22(17)12-7-4-3-5-8-12/h3-11,16H,20H2,1-2H3/t16-/m0/s1. The second kappa shape index (κ2) is 6.14. The molecule has 0 spiro atoms. The van der Waals surface area contributed by atoms with Gasteiger partial charge in [-0.2, -0.15) is 0 Å². The van der Waals surface area contributed by atoms with Crippen LogP contribution >= 0.6 is 11.6 Å². The number of nitrogens with two attached hydrogens (primary N) is 1. The molecule has 1 heterocycles. The van der Waals surface area contributed by atoms with E-state index < -0.39 is 0 Å². The van der Waals surface area contributed by atoms with E-state index in [1.165, 1.54) is 0 Å². The number of para-hydroxylation sites is 1. The molecule has 2 aromatic carbocycles. The van der Waals surface area contributed by atoms with E-state index in [-0.39, 0.29) is 17.5 Å². The van der Waals surface area contributed by atoms with Crippen molar-refractivity contribution in [3.8, 4) is 5.69 Å². The maximum atomic E-state index is 13.1. The number of nitrogens with zero attached hydrogens (tertiary/aromatic N) is 2. The van der Waals surface area contributed by atoms with Gasteiger partial charge in [-0.3, -0.25) is 9.36 Å². The highest BCUT2D eigenvalue weighted by Crippen LogP contribution is 2.24. The molecule has 1 atom stereocenters. The first-order chi connectivity index (χ1) is 11.0. The van der Waals surface area contributed by atoms with Crippen molar-refractivity contribution in [2.24, 2.45) is 11.7 Å². The fourth-order valence-electron chi connectivity index (χ4n) is 2.56. The molecule has 5 heteroatoms. The van der Waals surface area contributed by atoms with Crippen molar-refractivity contribution >= 4 is 22.5 Å². The molecule has 4 nitrogen and oxygen atoms in total. The zero-order chi connectivity index (χ0) is 16.6. The second-order valence-corrected chi connectivity index (χ2v) is 6.26. The summed E-state index contributed by atoms with van der Waals surface area (Å²) in [5.74, 6) is 0.694. The number of benzene rings is 2. The molecule has 1 aromatic heterocycles. The number of rotatable bonds is 3. The molecule has 0 radical (unpaired) electrons. The zero-order valence-corrected chi connectivity index (χ0v) is 13.8. The van der Waals surface area contributed by atoms with E-state index in [4.69, 9.17) is 17.3 Å². The minimum Gasteiger partial charge on any atom is -0.321 e. The van der Waals surface area contributed by atoms with Crippen molar-refractivity contribution in [1.29, 1.82) is 0 Å². The average Bonchev–Trinajstić information content (AvgIpc) is 2.54. The summed E-state index contributed by atoms with van der Waals surface area (Å²) in [4.78, 5) is 17.7. The van der Waals surface area contributed by atoms with E-state index >= 15 is 0 Å². The average molecular weight is 328 g/mol. The fourth-order valence-corrected chi connectivity index (χ4v) is 2.81. The van der Waals surface area contributed by atoms with Gasteiger partial charge in [-0.15, -0.1) is 0 Å². The SMILES string of the molecule is CC(C)[C@H](N)c1nc2cccc(Cl)c2c(=O)n1-c1ccccc1. The smallest absolute Gasteiger partial charge is 0.267 e. The minimum atomic E-state index is -0.355. The van der Waals surface area contributed by atoms with Gasteiger partial charge in [0.25, 0.3) is 5.56 Å². The number of halogens is 1. The molecule has 0 bridgehead atoms. The lowest BCUT2D eigenvalue weighted by atomic mass is 10.0. The second-order valence-electron chi connectivity index (χ2n) is 5.85. The van der Waals surface area contributed by atoms with Gasteiger partial charge < -0.3 is 5.73 Å². The summed E-state index contributed by atoms with van der Waals surface area (Å²) in [6.45, 7) is 4.02. The summed E-state index contributed by atoms with van der Waals surface area (Å²) in [7, 11) is 0. The van der Waals surface area contributed by atoms with Crippen molar-refractivity contribution in [3.63, 3.8) is 0 Å². The lowest BCUT2D eigenvalue weighted by Crippen LogP contribution is -2.30. The van der Waals surface area contributed by atoms with Crippen molar-refractivity contribution in [2.75, 3.05) is 0 Å². The summed E-state index contributed by atoms with van der Waals surface area (Å²) in [6.07, 6.45) is 0. The van der Waals surface area contributed by atoms with Crippen LogP contribution in [-0.4, -0.2) is 9.55 Å². The molecule has 23 heavy (non-hydrogen) atoms. The molecule has 3 aromatic rings. The van der Waals surface area contributed by atoms with E-state index in [2.05, 4.69) is 4.98 Å². The highest BCUT2D eigenvalue weighted by atomic mass is 35.5. The van der Waals surface area contributed by atoms with E-state index in [0.717, 1.165) is 5.69 Å². The lowest BCUT2D eigenvalue weighted by molar-refractivity contribution is 0.480. The number of hydrogen-bond acceptors (Lipinski definition) is 3. The topological polar surface area (TPSA) is 60.9 Å². The predicted molar refractivity (Wildman–Crippen MR) is 94.1 cm³/mol. The Kier molecular flexibility index (Phi) is 4.20. The van der Waals surface area contributed by atoms with Crippen LogP contribution in [-0.2, 0) is 0 Å². The van der Waals surface area contributed by atoms with Gasteiger partial charge in [-0.25, -0.2) is 4.98 Å². The van der Waals surface area contributed by atoms with Crippen molar-refractivity contribution in [2.45, 2.75) is 19.9 Å². The van der Waals surface area contributed by atoms with Gasteiger partial charge in [-0.05, 0) is 30.2 Å². The maximum Gasteiger partial charge on any atom is 0.267 e. The molecule has 118 valence electrons.